The molecule has 12 heavy (non-hydrogen) atoms. The zero-order valence-corrected chi connectivity index (χ0v) is 12.2. The maximum atomic E-state index is 10.5. The van der Waals surface area contributed by atoms with E-state index >= 15 is 0 Å². The van der Waals surface area contributed by atoms with E-state index in [4.69, 9.17) is 4.55 Å². The molecule has 0 bridgehead atoms. The number of hydrogen-bond donors (Lipinski definition) is 1. The predicted octanol–water partition coefficient (Wildman–Crippen LogP) is 1.16. The van der Waals surface area contributed by atoms with Gasteiger partial charge in [0.15, 0.2) is 0 Å². The molecule has 63 valence electrons. The third kappa shape index (κ3) is 3.63. The van der Waals surface area contributed by atoms with Gasteiger partial charge < -0.3 is 0 Å². The SMILES string of the molecule is O=S(=O)(O)c1cccc(I)c1.[In]. The molecule has 3 nitrogen and oxygen atoms in total. The fourth-order valence-corrected chi connectivity index (χ4v) is 1.91. The molecule has 0 unspecified atom stereocenters. The summed E-state index contributed by atoms with van der Waals surface area (Å²) in [6.07, 6.45) is 0. The maximum Gasteiger partial charge on any atom is 0.294 e. The smallest absolute Gasteiger partial charge is 0.282 e. The van der Waals surface area contributed by atoms with Gasteiger partial charge in [0.05, 0.1) is 4.90 Å². The third-order valence-corrected chi connectivity index (χ3v) is 2.61. The Morgan fingerprint density at radius 3 is 2.25 bits per heavy atom. The van der Waals surface area contributed by atoms with Crippen molar-refractivity contribution < 1.29 is 13.0 Å². The Kier molecular flexibility index (Phi) is 5.12. The molecule has 1 aromatic rings. The summed E-state index contributed by atoms with van der Waals surface area (Å²) in [6.45, 7) is 0. The van der Waals surface area contributed by atoms with Crippen molar-refractivity contribution >= 4 is 58.6 Å². The minimum absolute atomic E-state index is 0. The fraction of sp³-hybridized carbons (Fsp3) is 0. The van der Waals surface area contributed by atoms with Crippen LogP contribution in [0.15, 0.2) is 29.2 Å². The Bertz CT molecular complexity index is 363. The third-order valence-electron chi connectivity index (χ3n) is 1.09. The Morgan fingerprint density at radius 2 is 1.92 bits per heavy atom. The molecule has 3 radical (unpaired) electrons. The van der Waals surface area contributed by atoms with E-state index in [9.17, 15) is 8.42 Å². The van der Waals surface area contributed by atoms with Crippen LogP contribution in [0.3, 0.4) is 0 Å². The van der Waals surface area contributed by atoms with Crippen LogP contribution in [0.4, 0.5) is 0 Å². The predicted molar refractivity (Wildman–Crippen MR) is 54.7 cm³/mol. The molecule has 0 fully saturated rings. The summed E-state index contributed by atoms with van der Waals surface area (Å²) in [5, 5.41) is 0. The molecule has 0 amide bonds. The molecule has 0 aliphatic carbocycles. The minimum Gasteiger partial charge on any atom is -0.282 e. The molecule has 0 aromatic heterocycles. The number of halogens is 1. The van der Waals surface area contributed by atoms with Gasteiger partial charge in [-0.15, -0.1) is 0 Å². The van der Waals surface area contributed by atoms with Gasteiger partial charge in [-0.05, 0) is 40.8 Å². The molecule has 0 heterocycles. The van der Waals surface area contributed by atoms with Gasteiger partial charge in [0.2, 0.25) is 0 Å². The monoisotopic (exact) mass is 399 g/mol. The molecule has 0 saturated heterocycles. The Labute approximate surface area is 103 Å². The molecule has 1 rings (SSSR count). The zero-order chi connectivity index (χ0) is 8.48. The van der Waals surface area contributed by atoms with Gasteiger partial charge in [-0.1, -0.05) is 6.07 Å². The van der Waals surface area contributed by atoms with Crippen molar-refractivity contribution in [3.63, 3.8) is 0 Å². The van der Waals surface area contributed by atoms with E-state index in [1.54, 1.807) is 12.1 Å². The summed E-state index contributed by atoms with van der Waals surface area (Å²) in [6, 6.07) is 6.06. The first-order chi connectivity index (χ1) is 5.00. The summed E-state index contributed by atoms with van der Waals surface area (Å²) < 4.78 is 30.4. The van der Waals surface area contributed by atoms with E-state index in [2.05, 4.69) is 0 Å². The van der Waals surface area contributed by atoms with E-state index < -0.39 is 10.1 Å². The van der Waals surface area contributed by atoms with E-state index in [1.165, 1.54) is 12.1 Å². The first-order valence-electron chi connectivity index (χ1n) is 2.73. The largest absolute Gasteiger partial charge is 0.294 e. The number of benzene rings is 1. The topological polar surface area (TPSA) is 54.4 Å². The van der Waals surface area contributed by atoms with Gasteiger partial charge in [-0.2, -0.15) is 8.42 Å². The molecular weight excluding hydrogens is 394 g/mol. The van der Waals surface area contributed by atoms with Crippen LogP contribution in [0.2, 0.25) is 0 Å². The van der Waals surface area contributed by atoms with Crippen LogP contribution in [0.25, 0.3) is 0 Å². The quantitative estimate of drug-likeness (QED) is 0.570. The molecule has 0 atom stereocenters. The van der Waals surface area contributed by atoms with Crippen LogP contribution in [-0.2, 0) is 10.1 Å². The average molecular weight is 399 g/mol. The number of rotatable bonds is 1. The Balaban J connectivity index is 0.00000121. The summed E-state index contributed by atoms with van der Waals surface area (Å²) in [7, 11) is -4.03. The van der Waals surface area contributed by atoms with Crippen molar-refractivity contribution in [1.29, 1.82) is 0 Å². The second-order valence-corrected chi connectivity index (χ2v) is 4.60. The second kappa shape index (κ2) is 4.83. The van der Waals surface area contributed by atoms with Gasteiger partial charge in [0.25, 0.3) is 10.1 Å². The van der Waals surface area contributed by atoms with Gasteiger partial charge in [-0.25, -0.2) is 0 Å². The fourth-order valence-electron chi connectivity index (χ4n) is 0.627. The van der Waals surface area contributed by atoms with Crippen molar-refractivity contribution in [2.45, 2.75) is 4.90 Å². The van der Waals surface area contributed by atoms with E-state index in [0.717, 1.165) is 3.57 Å². The Hall–Kier alpha value is 0.730. The maximum absolute atomic E-state index is 10.5. The summed E-state index contributed by atoms with van der Waals surface area (Å²) in [4.78, 5) is -0.0654. The first kappa shape index (κ1) is 12.7. The van der Waals surface area contributed by atoms with Gasteiger partial charge >= 0.3 is 0 Å². The molecule has 6 heteroatoms. The van der Waals surface area contributed by atoms with Crippen molar-refractivity contribution in [3.8, 4) is 0 Å². The molecule has 1 aromatic carbocycles. The average Bonchev–Trinajstić information content (AvgIpc) is 1.86. The molecule has 0 spiro atoms. The zero-order valence-electron chi connectivity index (χ0n) is 5.94. The van der Waals surface area contributed by atoms with Crippen LogP contribution in [0.1, 0.15) is 0 Å². The van der Waals surface area contributed by atoms with Crippen molar-refractivity contribution in [2.75, 3.05) is 0 Å². The molecule has 0 aliphatic heterocycles. The summed E-state index contributed by atoms with van der Waals surface area (Å²) in [5.41, 5.74) is 0. The van der Waals surface area contributed by atoms with Gasteiger partial charge in [0, 0.05) is 29.4 Å². The van der Waals surface area contributed by atoms with Crippen LogP contribution < -0.4 is 0 Å². The molecular formula is C6H5IInO3S. The van der Waals surface area contributed by atoms with Crippen molar-refractivity contribution in [3.05, 3.63) is 27.8 Å². The summed E-state index contributed by atoms with van der Waals surface area (Å²) in [5.74, 6) is 0. The standard InChI is InChI=1S/C6H5IO3S.In/c7-5-2-1-3-6(4-5)11(8,9)10;/h1-4H,(H,8,9,10);. The molecule has 0 aliphatic rings. The van der Waals surface area contributed by atoms with Crippen LogP contribution in [0, 0.1) is 3.57 Å². The van der Waals surface area contributed by atoms with Crippen molar-refractivity contribution in [1.82, 2.24) is 0 Å². The Morgan fingerprint density at radius 1 is 1.33 bits per heavy atom. The second-order valence-electron chi connectivity index (χ2n) is 1.93. The van der Waals surface area contributed by atoms with Crippen molar-refractivity contribution in [2.24, 2.45) is 0 Å². The molecule has 0 saturated carbocycles. The number of hydrogen-bond acceptors (Lipinski definition) is 2. The van der Waals surface area contributed by atoms with Crippen LogP contribution in [0.5, 0.6) is 0 Å². The molecule has 1 N–H and O–H groups in total. The van der Waals surface area contributed by atoms with E-state index in [0.29, 0.717) is 0 Å². The van der Waals surface area contributed by atoms with E-state index in [1.807, 2.05) is 22.6 Å². The van der Waals surface area contributed by atoms with Gasteiger partial charge in [-0.3, -0.25) is 4.55 Å². The summed E-state index contributed by atoms with van der Waals surface area (Å²) >= 11 is 1.97. The normalized spacial score (nSPS) is 10.5. The van der Waals surface area contributed by atoms with Crippen LogP contribution >= 0.6 is 22.6 Å². The van der Waals surface area contributed by atoms with Gasteiger partial charge in [0.1, 0.15) is 0 Å². The van der Waals surface area contributed by atoms with Crippen LogP contribution in [-0.4, -0.2) is 38.8 Å². The first-order valence-corrected chi connectivity index (χ1v) is 5.25. The minimum atomic E-state index is -4.03. The van der Waals surface area contributed by atoms with E-state index in [-0.39, 0.29) is 30.7 Å².